The van der Waals surface area contributed by atoms with Crippen LogP contribution in [0.1, 0.15) is 42.1 Å². The number of rotatable bonds is 8. The molecule has 1 aromatic carbocycles. The molecule has 1 saturated carbocycles. The molecule has 5 aromatic rings. The van der Waals surface area contributed by atoms with Crippen LogP contribution in [0.15, 0.2) is 53.5 Å². The Morgan fingerprint density at radius 2 is 1.92 bits per heavy atom. The molecule has 11 heteroatoms. The van der Waals surface area contributed by atoms with Gasteiger partial charge in [-0.25, -0.2) is 33.7 Å². The van der Waals surface area contributed by atoms with Crippen LogP contribution in [0.2, 0.25) is 0 Å². The van der Waals surface area contributed by atoms with E-state index in [4.69, 9.17) is 19.1 Å². The SMILES string of the molecule is COc1ncnc(C2CC2)c1-c1nc(NCc2ccc(-c3nc(C(F)F)cn3C)cc2)c2occc2n1. The van der Waals surface area contributed by atoms with Crippen LogP contribution in [-0.2, 0) is 13.6 Å². The molecule has 1 N–H and O–H groups in total. The Hall–Kier alpha value is -4.41. The van der Waals surface area contributed by atoms with E-state index in [1.807, 2.05) is 24.3 Å². The molecule has 1 fully saturated rings. The van der Waals surface area contributed by atoms with Gasteiger partial charge in [0.25, 0.3) is 6.43 Å². The van der Waals surface area contributed by atoms with E-state index in [-0.39, 0.29) is 5.69 Å². The van der Waals surface area contributed by atoms with E-state index in [9.17, 15) is 8.78 Å². The van der Waals surface area contributed by atoms with Gasteiger partial charge >= 0.3 is 0 Å². The first-order valence-corrected chi connectivity index (χ1v) is 11.8. The summed E-state index contributed by atoms with van der Waals surface area (Å²) in [5, 5.41) is 3.35. The highest BCUT2D eigenvalue weighted by atomic mass is 19.3. The Bertz CT molecular complexity index is 1580. The zero-order valence-electron chi connectivity index (χ0n) is 20.2. The second-order valence-corrected chi connectivity index (χ2v) is 8.90. The summed E-state index contributed by atoms with van der Waals surface area (Å²) < 4.78 is 38.8. The first-order valence-electron chi connectivity index (χ1n) is 11.8. The third kappa shape index (κ3) is 4.37. The molecular formula is C26H23F2N7O2. The van der Waals surface area contributed by atoms with Crippen molar-refractivity contribution in [2.24, 2.45) is 7.05 Å². The highest BCUT2D eigenvalue weighted by Crippen LogP contribution is 2.45. The van der Waals surface area contributed by atoms with Gasteiger partial charge in [-0.05, 0) is 18.4 Å². The van der Waals surface area contributed by atoms with Crippen LogP contribution in [0.4, 0.5) is 14.6 Å². The number of aromatic nitrogens is 6. The minimum Gasteiger partial charge on any atom is -0.480 e. The molecule has 4 heterocycles. The number of furan rings is 1. The maximum Gasteiger partial charge on any atom is 0.281 e. The molecule has 188 valence electrons. The van der Waals surface area contributed by atoms with Gasteiger partial charge in [-0.1, -0.05) is 24.3 Å². The van der Waals surface area contributed by atoms with Crippen LogP contribution in [0.25, 0.3) is 33.9 Å². The minimum atomic E-state index is -2.61. The van der Waals surface area contributed by atoms with Crippen LogP contribution in [0, 0.1) is 0 Å². The molecule has 0 spiro atoms. The number of benzene rings is 1. The molecule has 0 radical (unpaired) electrons. The second-order valence-electron chi connectivity index (χ2n) is 8.90. The van der Waals surface area contributed by atoms with E-state index in [1.54, 1.807) is 31.1 Å². The molecule has 37 heavy (non-hydrogen) atoms. The predicted molar refractivity (Wildman–Crippen MR) is 132 cm³/mol. The number of hydrogen-bond acceptors (Lipinski definition) is 8. The van der Waals surface area contributed by atoms with Crippen LogP contribution in [0.3, 0.4) is 0 Å². The van der Waals surface area contributed by atoms with E-state index in [0.717, 1.165) is 29.7 Å². The minimum absolute atomic E-state index is 0.240. The molecule has 0 atom stereocenters. The molecule has 1 aliphatic carbocycles. The van der Waals surface area contributed by atoms with Crippen molar-refractivity contribution < 1.29 is 17.9 Å². The van der Waals surface area contributed by atoms with Crippen molar-refractivity contribution in [1.29, 1.82) is 0 Å². The van der Waals surface area contributed by atoms with Gasteiger partial charge in [0.2, 0.25) is 5.88 Å². The van der Waals surface area contributed by atoms with Crippen LogP contribution in [-0.4, -0.2) is 36.6 Å². The summed E-state index contributed by atoms with van der Waals surface area (Å²) in [5.41, 5.74) is 4.25. The summed E-state index contributed by atoms with van der Waals surface area (Å²) in [7, 11) is 3.27. The maximum absolute atomic E-state index is 13.0. The van der Waals surface area contributed by atoms with E-state index in [0.29, 0.717) is 52.5 Å². The highest BCUT2D eigenvalue weighted by molar-refractivity contribution is 5.86. The second kappa shape index (κ2) is 9.23. The van der Waals surface area contributed by atoms with Gasteiger partial charge in [-0.15, -0.1) is 0 Å². The van der Waals surface area contributed by atoms with Crippen LogP contribution < -0.4 is 10.1 Å². The maximum atomic E-state index is 13.0. The molecule has 0 amide bonds. The number of ether oxygens (including phenoxy) is 1. The van der Waals surface area contributed by atoms with Crippen LogP contribution >= 0.6 is 0 Å². The molecule has 9 nitrogen and oxygen atoms in total. The smallest absolute Gasteiger partial charge is 0.281 e. The number of anilines is 1. The lowest BCUT2D eigenvalue weighted by molar-refractivity contribution is 0.146. The molecule has 6 rings (SSSR count). The lowest BCUT2D eigenvalue weighted by Crippen LogP contribution is -2.06. The quantitative estimate of drug-likeness (QED) is 0.295. The van der Waals surface area contributed by atoms with Gasteiger partial charge < -0.3 is 19.0 Å². The van der Waals surface area contributed by atoms with E-state index in [1.165, 1.54) is 12.5 Å². The summed E-state index contributed by atoms with van der Waals surface area (Å²) in [4.78, 5) is 22.3. The van der Waals surface area contributed by atoms with Crippen molar-refractivity contribution in [3.8, 4) is 28.7 Å². The molecule has 0 saturated heterocycles. The Kier molecular flexibility index (Phi) is 5.74. The number of nitrogens with zero attached hydrogens (tertiary/aromatic N) is 6. The van der Waals surface area contributed by atoms with E-state index in [2.05, 4.69) is 20.3 Å². The average molecular weight is 504 g/mol. The largest absolute Gasteiger partial charge is 0.480 e. The number of halogens is 2. The number of methoxy groups -OCH3 is 1. The number of nitrogens with one attached hydrogen (secondary N) is 1. The van der Waals surface area contributed by atoms with Crippen LogP contribution in [0.5, 0.6) is 5.88 Å². The summed E-state index contributed by atoms with van der Waals surface area (Å²) in [6.45, 7) is 0.452. The molecule has 0 aliphatic heterocycles. The monoisotopic (exact) mass is 503 g/mol. The van der Waals surface area contributed by atoms with Crippen molar-refractivity contribution in [2.45, 2.75) is 31.7 Å². The number of imidazole rings is 1. The summed E-state index contributed by atoms with van der Waals surface area (Å²) in [5.74, 6) is 2.27. The molecular weight excluding hydrogens is 480 g/mol. The highest BCUT2D eigenvalue weighted by Gasteiger charge is 2.31. The fourth-order valence-corrected chi connectivity index (χ4v) is 4.33. The molecule has 0 unspecified atom stereocenters. The fourth-order valence-electron chi connectivity index (χ4n) is 4.33. The van der Waals surface area contributed by atoms with Crippen molar-refractivity contribution in [3.63, 3.8) is 0 Å². The van der Waals surface area contributed by atoms with Crippen molar-refractivity contribution >= 4 is 16.9 Å². The predicted octanol–water partition coefficient (Wildman–Crippen LogP) is 5.52. The zero-order chi connectivity index (χ0) is 25.5. The standard InChI is InChI=1S/C26H23F2N7O2/c1-35-12-18(22(27)28)33-25(35)16-5-3-14(4-6-16)11-29-24-21-17(9-10-37-21)32-23(34-24)19-20(15-7-8-15)30-13-31-26(19)36-2/h3-6,9-10,12-13,15,22H,7-8,11H2,1-2H3,(H,29,32,34). The number of fused-ring (bicyclic) bond motifs is 1. The summed E-state index contributed by atoms with van der Waals surface area (Å²) >= 11 is 0. The fraction of sp³-hybridized carbons (Fsp3) is 0.269. The normalized spacial score (nSPS) is 13.4. The Morgan fingerprint density at radius 1 is 1.11 bits per heavy atom. The lowest BCUT2D eigenvalue weighted by atomic mass is 10.1. The number of hydrogen-bond donors (Lipinski definition) is 1. The van der Waals surface area contributed by atoms with Gasteiger partial charge in [-0.3, -0.25) is 0 Å². The molecule has 4 aromatic heterocycles. The van der Waals surface area contributed by atoms with Gasteiger partial charge in [0.1, 0.15) is 28.9 Å². The summed E-state index contributed by atoms with van der Waals surface area (Å²) in [6, 6.07) is 9.33. The third-order valence-electron chi connectivity index (χ3n) is 6.32. The topological polar surface area (TPSA) is 104 Å². The Labute approximate surface area is 210 Å². The van der Waals surface area contributed by atoms with Crippen molar-refractivity contribution in [3.05, 3.63) is 66.1 Å². The molecule has 0 bridgehead atoms. The Morgan fingerprint density at radius 3 is 2.62 bits per heavy atom. The first-order chi connectivity index (χ1) is 18.0. The third-order valence-corrected chi connectivity index (χ3v) is 6.32. The van der Waals surface area contributed by atoms with Gasteiger partial charge in [0.15, 0.2) is 17.2 Å². The number of alkyl halides is 2. The van der Waals surface area contributed by atoms with Gasteiger partial charge in [-0.2, -0.15) is 0 Å². The van der Waals surface area contributed by atoms with Gasteiger partial charge in [0, 0.05) is 37.3 Å². The van der Waals surface area contributed by atoms with E-state index >= 15 is 0 Å². The lowest BCUT2D eigenvalue weighted by Gasteiger charge is -2.12. The first kappa shape index (κ1) is 23.0. The van der Waals surface area contributed by atoms with E-state index < -0.39 is 6.43 Å². The Balaban J connectivity index is 1.29. The zero-order valence-corrected chi connectivity index (χ0v) is 20.2. The summed E-state index contributed by atoms with van der Waals surface area (Å²) in [6.07, 6.45) is 3.94. The van der Waals surface area contributed by atoms with Gasteiger partial charge in [0.05, 0.1) is 19.1 Å². The van der Waals surface area contributed by atoms with Crippen molar-refractivity contribution in [2.75, 3.05) is 12.4 Å². The average Bonchev–Trinajstić information content (AvgIpc) is 3.52. The van der Waals surface area contributed by atoms with Crippen molar-refractivity contribution in [1.82, 2.24) is 29.5 Å². The number of aryl methyl sites for hydroxylation is 1. The molecule has 1 aliphatic rings.